The smallest absolute Gasteiger partial charge is 0.209 e. The van der Waals surface area contributed by atoms with E-state index in [1.807, 2.05) is 0 Å². The number of hydrogen-bond donors (Lipinski definition) is 1. The van der Waals surface area contributed by atoms with Gasteiger partial charge in [-0.2, -0.15) is 0 Å². The fraction of sp³-hybridized carbons (Fsp3) is 0.333. The van der Waals surface area contributed by atoms with Crippen LogP contribution in [-0.2, 0) is 9.84 Å². The maximum absolute atomic E-state index is 12.3. The van der Waals surface area contributed by atoms with Crippen LogP contribution in [0.5, 0.6) is 5.75 Å². The average molecular weight is 254 g/mol. The number of fused-ring (bicyclic) bond motifs is 1. The number of rotatable bonds is 2. The molecule has 0 bridgehead atoms. The Morgan fingerprint density at radius 2 is 1.94 bits per heavy atom. The van der Waals surface area contributed by atoms with Crippen molar-refractivity contribution >= 4 is 15.9 Å². The van der Waals surface area contributed by atoms with Crippen molar-refractivity contribution in [2.75, 3.05) is 7.11 Å². The van der Waals surface area contributed by atoms with Crippen molar-refractivity contribution < 1.29 is 18.3 Å². The van der Waals surface area contributed by atoms with E-state index in [4.69, 9.17) is 4.74 Å². The van der Waals surface area contributed by atoms with Crippen LogP contribution >= 0.6 is 0 Å². The van der Waals surface area contributed by atoms with Crippen LogP contribution in [0.3, 0.4) is 0 Å². The monoisotopic (exact) mass is 254 g/mol. The van der Waals surface area contributed by atoms with Gasteiger partial charge in [0.15, 0.2) is 0 Å². The summed E-state index contributed by atoms with van der Waals surface area (Å²) < 4.78 is 29.7. The summed E-state index contributed by atoms with van der Waals surface area (Å²) in [5, 5.41) is 9.90. The van der Waals surface area contributed by atoms with Crippen LogP contribution in [0.2, 0.25) is 0 Å². The third-order valence-electron chi connectivity index (χ3n) is 2.68. The number of hydrogen-bond acceptors (Lipinski definition) is 4. The van der Waals surface area contributed by atoms with Gasteiger partial charge in [-0.1, -0.05) is 12.1 Å². The van der Waals surface area contributed by atoms with E-state index in [0.717, 1.165) is 0 Å². The van der Waals surface area contributed by atoms with Crippen LogP contribution in [0.25, 0.3) is 6.08 Å². The molecule has 4 nitrogen and oxygen atoms in total. The fourth-order valence-electron chi connectivity index (χ4n) is 1.93. The van der Waals surface area contributed by atoms with E-state index in [9.17, 15) is 13.5 Å². The van der Waals surface area contributed by atoms with E-state index in [-0.39, 0.29) is 9.80 Å². The molecule has 1 aromatic carbocycles. The zero-order valence-electron chi connectivity index (χ0n) is 9.89. The molecule has 0 aliphatic carbocycles. The average Bonchev–Trinajstić information content (AvgIpc) is 2.50. The van der Waals surface area contributed by atoms with Crippen LogP contribution in [0.15, 0.2) is 28.0 Å². The second kappa shape index (κ2) is 3.58. The highest BCUT2D eigenvalue weighted by atomic mass is 32.2. The molecule has 0 spiro atoms. The van der Waals surface area contributed by atoms with Crippen LogP contribution in [0.4, 0.5) is 0 Å². The van der Waals surface area contributed by atoms with Crippen molar-refractivity contribution in [1.29, 1.82) is 0 Å². The molecule has 0 atom stereocenters. The number of methoxy groups -OCH3 is 1. The molecule has 1 heterocycles. The summed E-state index contributed by atoms with van der Waals surface area (Å²) in [6, 6.07) is 5.00. The second-order valence-corrected chi connectivity index (χ2v) is 6.30. The minimum Gasteiger partial charge on any atom is -0.495 e. The molecule has 1 aliphatic heterocycles. The number of ether oxygens (including phenoxy) is 1. The zero-order valence-corrected chi connectivity index (χ0v) is 10.7. The molecule has 0 radical (unpaired) electrons. The van der Waals surface area contributed by atoms with Gasteiger partial charge in [-0.05, 0) is 31.6 Å². The first-order valence-corrected chi connectivity index (χ1v) is 6.63. The lowest BCUT2D eigenvalue weighted by atomic mass is 10.1. The molecule has 5 heteroatoms. The molecule has 1 aromatic rings. The van der Waals surface area contributed by atoms with Crippen molar-refractivity contribution in [2.45, 2.75) is 24.3 Å². The largest absolute Gasteiger partial charge is 0.495 e. The predicted molar refractivity (Wildman–Crippen MR) is 64.5 cm³/mol. The molecular formula is C12H14O4S. The first-order chi connectivity index (χ1) is 7.78. The molecule has 0 saturated heterocycles. The number of sulfone groups is 1. The Kier molecular flexibility index (Phi) is 2.56. The first-order valence-electron chi connectivity index (χ1n) is 5.15. The third kappa shape index (κ3) is 1.75. The highest BCUT2D eigenvalue weighted by Crippen LogP contribution is 2.42. The minimum absolute atomic E-state index is 0.00417. The Morgan fingerprint density at radius 1 is 1.29 bits per heavy atom. The summed E-state index contributed by atoms with van der Waals surface area (Å²) in [6.45, 7) is 2.91. The normalized spacial score (nSPS) is 17.5. The van der Waals surface area contributed by atoms with Gasteiger partial charge in [-0.25, -0.2) is 8.42 Å². The van der Waals surface area contributed by atoms with Gasteiger partial charge < -0.3 is 9.84 Å². The van der Waals surface area contributed by atoms with Crippen LogP contribution in [0, 0.1) is 0 Å². The summed E-state index contributed by atoms with van der Waals surface area (Å²) in [7, 11) is -2.24. The first kappa shape index (κ1) is 12.1. The van der Waals surface area contributed by atoms with Crippen LogP contribution < -0.4 is 4.74 Å². The molecule has 17 heavy (non-hydrogen) atoms. The fourth-order valence-corrected chi connectivity index (χ4v) is 3.94. The Balaban J connectivity index is 2.73. The van der Waals surface area contributed by atoms with Gasteiger partial charge in [0.05, 0.1) is 17.6 Å². The number of benzene rings is 1. The lowest BCUT2D eigenvalue weighted by Gasteiger charge is -2.18. The quantitative estimate of drug-likeness (QED) is 0.870. The highest BCUT2D eigenvalue weighted by molar-refractivity contribution is 7.96. The molecule has 0 saturated carbocycles. The van der Waals surface area contributed by atoms with Crippen molar-refractivity contribution in [3.05, 3.63) is 28.7 Å². The summed E-state index contributed by atoms with van der Waals surface area (Å²) in [5.74, 6) is 0.304. The van der Waals surface area contributed by atoms with Crippen molar-refractivity contribution in [1.82, 2.24) is 0 Å². The van der Waals surface area contributed by atoms with Gasteiger partial charge in [0.2, 0.25) is 9.84 Å². The topological polar surface area (TPSA) is 63.6 Å². The Bertz CT molecular complexity index is 591. The Labute approximate surface area is 100 Å². The Hall–Kier alpha value is -1.33. The van der Waals surface area contributed by atoms with E-state index in [0.29, 0.717) is 11.3 Å². The van der Waals surface area contributed by atoms with Crippen LogP contribution in [-0.4, -0.2) is 26.2 Å². The summed E-state index contributed by atoms with van der Waals surface area (Å²) in [6.07, 6.45) is 1.49. The maximum atomic E-state index is 12.3. The van der Waals surface area contributed by atoms with Crippen molar-refractivity contribution in [3.8, 4) is 5.75 Å². The second-order valence-electron chi connectivity index (χ2n) is 4.45. The van der Waals surface area contributed by atoms with E-state index >= 15 is 0 Å². The van der Waals surface area contributed by atoms with Gasteiger partial charge in [0, 0.05) is 0 Å². The SMILES string of the molecule is COc1cccc2c1S(=O)(=O)C(C(C)(C)O)=C2. The van der Waals surface area contributed by atoms with Crippen molar-refractivity contribution in [2.24, 2.45) is 0 Å². The maximum Gasteiger partial charge on any atom is 0.209 e. The summed E-state index contributed by atoms with van der Waals surface area (Å²) in [5.41, 5.74) is -0.843. The molecule has 2 rings (SSSR count). The van der Waals surface area contributed by atoms with Gasteiger partial charge in [-0.3, -0.25) is 0 Å². The molecule has 0 fully saturated rings. The molecule has 1 N–H and O–H groups in total. The summed E-state index contributed by atoms with van der Waals surface area (Å²) in [4.78, 5) is 0.143. The van der Waals surface area contributed by atoms with Gasteiger partial charge in [0.1, 0.15) is 10.6 Å². The van der Waals surface area contributed by atoms with Gasteiger partial charge in [-0.15, -0.1) is 0 Å². The molecule has 0 unspecified atom stereocenters. The Morgan fingerprint density at radius 3 is 2.47 bits per heavy atom. The highest BCUT2D eigenvalue weighted by Gasteiger charge is 2.40. The lowest BCUT2D eigenvalue weighted by Crippen LogP contribution is -2.25. The molecule has 0 amide bonds. The number of aliphatic hydroxyl groups is 1. The van der Waals surface area contributed by atoms with E-state index in [1.165, 1.54) is 27.0 Å². The molecular weight excluding hydrogens is 240 g/mol. The van der Waals surface area contributed by atoms with Gasteiger partial charge >= 0.3 is 0 Å². The van der Waals surface area contributed by atoms with E-state index in [2.05, 4.69) is 0 Å². The zero-order chi connectivity index (χ0) is 12.8. The lowest BCUT2D eigenvalue weighted by molar-refractivity contribution is 0.129. The van der Waals surface area contributed by atoms with Gasteiger partial charge in [0.25, 0.3) is 0 Å². The molecule has 1 aliphatic rings. The molecule has 0 aromatic heterocycles. The van der Waals surface area contributed by atoms with E-state index in [1.54, 1.807) is 18.2 Å². The standard InChI is InChI=1S/C12H14O4S/c1-12(2,13)10-7-8-5-4-6-9(16-3)11(8)17(10,14)15/h4-7,13H,1-3H3. The minimum atomic E-state index is -3.66. The third-order valence-corrected chi connectivity index (χ3v) is 4.85. The van der Waals surface area contributed by atoms with Crippen LogP contribution in [0.1, 0.15) is 19.4 Å². The summed E-state index contributed by atoms with van der Waals surface area (Å²) >= 11 is 0. The molecule has 92 valence electrons. The predicted octanol–water partition coefficient (Wildman–Crippen LogP) is 1.59. The van der Waals surface area contributed by atoms with E-state index < -0.39 is 15.4 Å². The van der Waals surface area contributed by atoms with Crippen molar-refractivity contribution in [3.63, 3.8) is 0 Å².